The van der Waals surface area contributed by atoms with Crippen LogP contribution < -0.4 is 10.6 Å². The molecule has 1 amide bonds. The largest absolute Gasteiger partial charge is 0.480 e. The third-order valence-electron chi connectivity index (χ3n) is 6.22. The van der Waals surface area contributed by atoms with E-state index in [1.807, 2.05) is 19.3 Å². The highest BCUT2D eigenvalue weighted by atomic mass is 16.5. The number of carboxylic acid groups (broad SMARTS) is 1. The van der Waals surface area contributed by atoms with Crippen molar-refractivity contribution in [2.75, 3.05) is 25.1 Å². The number of fused-ring (bicyclic) bond motifs is 1. The van der Waals surface area contributed by atoms with E-state index in [1.165, 1.54) is 5.56 Å². The molecular formula is C27H33N5O4. The minimum absolute atomic E-state index is 0.293. The molecular weight excluding hydrogens is 458 g/mol. The van der Waals surface area contributed by atoms with Gasteiger partial charge in [-0.2, -0.15) is 5.10 Å². The number of aromatic nitrogens is 3. The SMILES string of the molecule is Cn1cc(-c2cccc(C(=O)N[C@@H](CCCOCCCc3ccc4c(n3)NCCC4)C(=O)O)c2)cn1. The quantitative estimate of drug-likeness (QED) is 0.332. The first-order valence-corrected chi connectivity index (χ1v) is 12.4. The zero-order valence-corrected chi connectivity index (χ0v) is 20.6. The number of amides is 1. The van der Waals surface area contributed by atoms with E-state index >= 15 is 0 Å². The number of aryl methyl sites for hydroxylation is 3. The molecule has 1 aromatic carbocycles. The van der Waals surface area contributed by atoms with Gasteiger partial charge in [0.2, 0.25) is 0 Å². The molecule has 3 aromatic rings. The molecule has 2 aromatic heterocycles. The number of carbonyl (C=O) groups is 2. The van der Waals surface area contributed by atoms with Gasteiger partial charge < -0.3 is 20.5 Å². The van der Waals surface area contributed by atoms with Crippen LogP contribution in [0.3, 0.4) is 0 Å². The van der Waals surface area contributed by atoms with Crippen molar-refractivity contribution in [3.63, 3.8) is 0 Å². The summed E-state index contributed by atoms with van der Waals surface area (Å²) in [7, 11) is 1.82. The lowest BCUT2D eigenvalue weighted by atomic mass is 10.1. The van der Waals surface area contributed by atoms with E-state index in [0.29, 0.717) is 31.6 Å². The Morgan fingerprint density at radius 2 is 2.06 bits per heavy atom. The van der Waals surface area contributed by atoms with Gasteiger partial charge in [0.15, 0.2) is 0 Å². The summed E-state index contributed by atoms with van der Waals surface area (Å²) >= 11 is 0. The maximum Gasteiger partial charge on any atom is 0.326 e. The summed E-state index contributed by atoms with van der Waals surface area (Å²) in [5.74, 6) is -0.467. The van der Waals surface area contributed by atoms with Crippen LogP contribution in [-0.4, -0.2) is 57.5 Å². The second-order valence-corrected chi connectivity index (χ2v) is 9.05. The normalized spacial score (nSPS) is 13.5. The van der Waals surface area contributed by atoms with Gasteiger partial charge in [-0.15, -0.1) is 0 Å². The predicted molar refractivity (Wildman–Crippen MR) is 137 cm³/mol. The van der Waals surface area contributed by atoms with Crippen molar-refractivity contribution in [3.05, 3.63) is 65.6 Å². The number of carbonyl (C=O) groups excluding carboxylic acids is 1. The molecule has 190 valence electrons. The topological polar surface area (TPSA) is 118 Å². The maximum atomic E-state index is 12.7. The van der Waals surface area contributed by atoms with Crippen LogP contribution in [0.2, 0.25) is 0 Å². The summed E-state index contributed by atoms with van der Waals surface area (Å²) in [6, 6.07) is 10.3. The van der Waals surface area contributed by atoms with Crippen LogP contribution in [0.15, 0.2) is 48.8 Å². The van der Waals surface area contributed by atoms with Gasteiger partial charge in [0.1, 0.15) is 11.9 Å². The van der Waals surface area contributed by atoms with Gasteiger partial charge in [-0.05, 0) is 67.9 Å². The number of pyridine rings is 1. The molecule has 0 saturated carbocycles. The summed E-state index contributed by atoms with van der Waals surface area (Å²) in [4.78, 5) is 29.1. The number of nitrogens with one attached hydrogen (secondary N) is 2. The van der Waals surface area contributed by atoms with E-state index in [4.69, 9.17) is 4.74 Å². The number of hydrogen-bond donors (Lipinski definition) is 3. The molecule has 0 fully saturated rings. The fraction of sp³-hybridized carbons (Fsp3) is 0.407. The number of carboxylic acids is 1. The van der Waals surface area contributed by atoms with Crippen LogP contribution in [0.25, 0.3) is 11.1 Å². The third-order valence-corrected chi connectivity index (χ3v) is 6.22. The van der Waals surface area contributed by atoms with Gasteiger partial charge in [0.25, 0.3) is 5.91 Å². The van der Waals surface area contributed by atoms with Crippen molar-refractivity contribution in [2.45, 2.75) is 44.6 Å². The predicted octanol–water partition coefficient (Wildman–Crippen LogP) is 3.45. The van der Waals surface area contributed by atoms with Crippen molar-refractivity contribution < 1.29 is 19.4 Å². The Kier molecular flexibility index (Phi) is 8.67. The molecule has 1 aliphatic heterocycles. The van der Waals surface area contributed by atoms with Crippen LogP contribution in [0, 0.1) is 0 Å². The Labute approximate surface area is 210 Å². The summed E-state index contributed by atoms with van der Waals surface area (Å²) in [5.41, 5.74) is 4.47. The molecule has 1 aliphatic rings. The van der Waals surface area contributed by atoms with Crippen LogP contribution >= 0.6 is 0 Å². The number of anilines is 1. The molecule has 4 rings (SSSR count). The molecule has 0 bridgehead atoms. The van der Waals surface area contributed by atoms with E-state index in [0.717, 1.165) is 54.9 Å². The van der Waals surface area contributed by atoms with Gasteiger partial charge in [-0.3, -0.25) is 9.48 Å². The van der Waals surface area contributed by atoms with Crippen molar-refractivity contribution >= 4 is 17.7 Å². The molecule has 0 saturated heterocycles. The Bertz CT molecular complexity index is 1190. The first-order valence-electron chi connectivity index (χ1n) is 12.4. The second-order valence-electron chi connectivity index (χ2n) is 9.05. The van der Waals surface area contributed by atoms with Crippen LogP contribution in [0.1, 0.15) is 47.3 Å². The van der Waals surface area contributed by atoms with Gasteiger partial charge >= 0.3 is 5.97 Å². The van der Waals surface area contributed by atoms with Crippen LogP contribution in [-0.2, 0) is 29.4 Å². The van der Waals surface area contributed by atoms with Gasteiger partial charge in [-0.25, -0.2) is 9.78 Å². The highest BCUT2D eigenvalue weighted by Crippen LogP contribution is 2.21. The fourth-order valence-corrected chi connectivity index (χ4v) is 4.26. The number of ether oxygens (including phenoxy) is 1. The van der Waals surface area contributed by atoms with Crippen molar-refractivity contribution in [1.29, 1.82) is 0 Å². The molecule has 9 heteroatoms. The van der Waals surface area contributed by atoms with Crippen molar-refractivity contribution in [2.24, 2.45) is 7.05 Å². The third kappa shape index (κ3) is 6.91. The Morgan fingerprint density at radius 1 is 1.19 bits per heavy atom. The molecule has 3 heterocycles. The van der Waals surface area contributed by atoms with E-state index < -0.39 is 17.9 Å². The monoisotopic (exact) mass is 491 g/mol. The van der Waals surface area contributed by atoms with Crippen LogP contribution in [0.4, 0.5) is 5.82 Å². The lowest BCUT2D eigenvalue weighted by Crippen LogP contribution is -2.40. The van der Waals surface area contributed by atoms with Crippen molar-refractivity contribution in [3.8, 4) is 11.1 Å². The second kappa shape index (κ2) is 12.3. The zero-order chi connectivity index (χ0) is 25.3. The minimum Gasteiger partial charge on any atom is -0.480 e. The summed E-state index contributed by atoms with van der Waals surface area (Å²) in [6.07, 6.45) is 8.31. The highest BCUT2D eigenvalue weighted by molar-refractivity contribution is 5.97. The van der Waals surface area contributed by atoms with Crippen molar-refractivity contribution in [1.82, 2.24) is 20.1 Å². The Morgan fingerprint density at radius 3 is 2.86 bits per heavy atom. The van der Waals surface area contributed by atoms with Gasteiger partial charge in [-0.1, -0.05) is 18.2 Å². The summed E-state index contributed by atoms with van der Waals surface area (Å²) < 4.78 is 7.39. The molecule has 0 unspecified atom stereocenters. The first-order chi connectivity index (χ1) is 17.5. The zero-order valence-electron chi connectivity index (χ0n) is 20.6. The standard InChI is InChI=1S/C27H33N5O4/c1-32-18-22(17-29-32)20-6-2-7-21(16-20)26(33)31-24(27(34)35)10-5-15-36-14-4-9-23-12-11-19-8-3-13-28-25(19)30-23/h2,6-7,11-12,16-18,24H,3-5,8-10,13-15H2,1H3,(H,28,30)(H,31,33)(H,34,35)/t24-/m0/s1. The number of hydrogen-bond acceptors (Lipinski definition) is 6. The summed E-state index contributed by atoms with van der Waals surface area (Å²) in [6.45, 7) is 1.99. The highest BCUT2D eigenvalue weighted by Gasteiger charge is 2.20. The number of aliphatic carboxylic acids is 1. The average Bonchev–Trinajstić information content (AvgIpc) is 3.33. The number of nitrogens with zero attached hydrogens (tertiary/aromatic N) is 3. The molecule has 0 spiro atoms. The lowest BCUT2D eigenvalue weighted by molar-refractivity contribution is -0.139. The minimum atomic E-state index is -1.06. The molecule has 9 nitrogen and oxygen atoms in total. The average molecular weight is 492 g/mol. The molecule has 1 atom stereocenters. The summed E-state index contributed by atoms with van der Waals surface area (Å²) in [5, 5.41) is 19.7. The molecule has 0 radical (unpaired) electrons. The van der Waals surface area contributed by atoms with E-state index in [9.17, 15) is 14.7 Å². The Balaban J connectivity index is 1.18. The van der Waals surface area contributed by atoms with Gasteiger partial charge in [0, 0.05) is 49.8 Å². The smallest absolute Gasteiger partial charge is 0.326 e. The van der Waals surface area contributed by atoms with Crippen LogP contribution in [0.5, 0.6) is 0 Å². The fourth-order valence-electron chi connectivity index (χ4n) is 4.26. The lowest BCUT2D eigenvalue weighted by Gasteiger charge is -2.17. The Hall–Kier alpha value is -3.72. The molecule has 3 N–H and O–H groups in total. The van der Waals surface area contributed by atoms with E-state index in [2.05, 4.69) is 32.8 Å². The van der Waals surface area contributed by atoms with E-state index in [1.54, 1.807) is 29.1 Å². The number of rotatable bonds is 12. The number of benzene rings is 1. The van der Waals surface area contributed by atoms with Gasteiger partial charge in [0.05, 0.1) is 6.20 Å². The molecule has 36 heavy (non-hydrogen) atoms. The van der Waals surface area contributed by atoms with E-state index in [-0.39, 0.29) is 0 Å². The molecule has 0 aliphatic carbocycles. The maximum absolute atomic E-state index is 12.7. The first kappa shape index (κ1) is 25.4.